The number of carbonyl (C=O) groups is 1. The van der Waals surface area contributed by atoms with Gasteiger partial charge in [0.15, 0.2) is 0 Å². The summed E-state index contributed by atoms with van der Waals surface area (Å²) in [4.78, 5) is 19.4. The predicted molar refractivity (Wildman–Crippen MR) is 109 cm³/mol. The van der Waals surface area contributed by atoms with Crippen molar-refractivity contribution in [1.29, 1.82) is 0 Å². The molecule has 0 atom stereocenters. The maximum absolute atomic E-state index is 14.3. The SMILES string of the molecule is CCN(Cc1cccc(F)c1)C(=O)c1cc(-c2ccccc2F)nc2onc(C)c12. The standard InChI is InChI=1S/C23H19F2N3O2/c1-3-28(13-15-7-6-8-16(24)11-15)23(29)18-12-20(17-9-4-5-10-19(17)25)26-22-21(18)14(2)27-30-22/h4-12H,3,13H2,1-2H3. The van der Waals surface area contributed by atoms with Gasteiger partial charge in [0.25, 0.3) is 11.6 Å². The van der Waals surface area contributed by atoms with Crippen LogP contribution in [0.1, 0.15) is 28.5 Å². The van der Waals surface area contributed by atoms with Gasteiger partial charge in [-0.3, -0.25) is 4.79 Å². The number of benzene rings is 2. The third-order valence-electron chi connectivity index (χ3n) is 4.93. The van der Waals surface area contributed by atoms with E-state index >= 15 is 0 Å². The van der Waals surface area contributed by atoms with E-state index in [-0.39, 0.29) is 35.2 Å². The normalized spacial score (nSPS) is 11.1. The van der Waals surface area contributed by atoms with E-state index in [0.717, 1.165) is 0 Å². The number of halogens is 2. The number of fused-ring (bicyclic) bond motifs is 1. The Morgan fingerprint density at radius 2 is 1.90 bits per heavy atom. The van der Waals surface area contributed by atoms with Crippen LogP contribution in [-0.2, 0) is 6.54 Å². The summed E-state index contributed by atoms with van der Waals surface area (Å²) in [5, 5.41) is 4.41. The topological polar surface area (TPSA) is 59.2 Å². The van der Waals surface area contributed by atoms with Crippen molar-refractivity contribution in [2.24, 2.45) is 0 Å². The lowest BCUT2D eigenvalue weighted by Gasteiger charge is -2.22. The zero-order valence-corrected chi connectivity index (χ0v) is 16.5. The van der Waals surface area contributed by atoms with E-state index in [1.807, 2.05) is 6.92 Å². The molecule has 0 radical (unpaired) electrons. The number of pyridine rings is 1. The van der Waals surface area contributed by atoms with Gasteiger partial charge in [0, 0.05) is 18.7 Å². The number of aromatic nitrogens is 2. The van der Waals surface area contributed by atoms with Crippen molar-refractivity contribution in [3.8, 4) is 11.3 Å². The third-order valence-corrected chi connectivity index (χ3v) is 4.93. The van der Waals surface area contributed by atoms with Gasteiger partial charge in [-0.1, -0.05) is 29.4 Å². The summed E-state index contributed by atoms with van der Waals surface area (Å²) in [5.74, 6) is -1.11. The van der Waals surface area contributed by atoms with Crippen LogP contribution in [0.25, 0.3) is 22.4 Å². The number of carbonyl (C=O) groups excluding carboxylic acids is 1. The van der Waals surface area contributed by atoms with Crippen LogP contribution in [0.15, 0.2) is 59.1 Å². The zero-order valence-electron chi connectivity index (χ0n) is 16.5. The first-order chi connectivity index (χ1) is 14.5. The van der Waals surface area contributed by atoms with Crippen LogP contribution in [0.3, 0.4) is 0 Å². The minimum Gasteiger partial charge on any atom is -0.335 e. The molecule has 0 unspecified atom stereocenters. The molecule has 1 amide bonds. The van der Waals surface area contributed by atoms with Crippen molar-refractivity contribution < 1.29 is 18.1 Å². The Morgan fingerprint density at radius 3 is 2.63 bits per heavy atom. The van der Waals surface area contributed by atoms with Gasteiger partial charge in [0.05, 0.1) is 22.3 Å². The van der Waals surface area contributed by atoms with Gasteiger partial charge in [-0.05, 0) is 49.7 Å². The molecule has 4 rings (SSSR count). The molecule has 0 fully saturated rings. The highest BCUT2D eigenvalue weighted by Crippen LogP contribution is 2.29. The van der Waals surface area contributed by atoms with Gasteiger partial charge in [-0.2, -0.15) is 0 Å². The maximum atomic E-state index is 14.3. The summed E-state index contributed by atoms with van der Waals surface area (Å²) >= 11 is 0. The Hall–Kier alpha value is -3.61. The summed E-state index contributed by atoms with van der Waals surface area (Å²) in [6, 6.07) is 13.9. The molecular weight excluding hydrogens is 388 g/mol. The van der Waals surface area contributed by atoms with E-state index < -0.39 is 5.82 Å². The van der Waals surface area contributed by atoms with E-state index in [1.165, 1.54) is 18.2 Å². The maximum Gasteiger partial charge on any atom is 0.259 e. The van der Waals surface area contributed by atoms with Gasteiger partial charge < -0.3 is 9.42 Å². The molecule has 0 aliphatic heterocycles. The molecule has 0 spiro atoms. The summed E-state index contributed by atoms with van der Waals surface area (Å²) in [5.41, 5.74) is 2.21. The van der Waals surface area contributed by atoms with Crippen molar-refractivity contribution in [2.75, 3.05) is 6.54 Å². The van der Waals surface area contributed by atoms with E-state index in [1.54, 1.807) is 48.2 Å². The second-order valence-corrected chi connectivity index (χ2v) is 6.93. The lowest BCUT2D eigenvalue weighted by atomic mass is 10.0. The summed E-state index contributed by atoms with van der Waals surface area (Å²) < 4.78 is 33.2. The Labute approximate surface area is 171 Å². The highest BCUT2D eigenvalue weighted by Gasteiger charge is 2.23. The first-order valence-electron chi connectivity index (χ1n) is 9.53. The fraction of sp³-hybridized carbons (Fsp3) is 0.174. The Morgan fingerprint density at radius 1 is 1.10 bits per heavy atom. The molecule has 152 valence electrons. The summed E-state index contributed by atoms with van der Waals surface area (Å²) in [7, 11) is 0. The minimum atomic E-state index is -0.453. The van der Waals surface area contributed by atoms with Crippen molar-refractivity contribution in [3.63, 3.8) is 0 Å². The van der Waals surface area contributed by atoms with Crippen LogP contribution in [-0.4, -0.2) is 27.5 Å². The molecular formula is C23H19F2N3O2. The fourth-order valence-electron chi connectivity index (χ4n) is 3.42. The smallest absolute Gasteiger partial charge is 0.259 e. The second kappa shape index (κ2) is 8.02. The van der Waals surface area contributed by atoms with Crippen LogP contribution in [0.5, 0.6) is 0 Å². The Kier molecular flexibility index (Phi) is 5.27. The average Bonchev–Trinajstić information content (AvgIpc) is 3.12. The first-order valence-corrected chi connectivity index (χ1v) is 9.53. The van der Waals surface area contributed by atoms with Crippen LogP contribution in [0.4, 0.5) is 8.78 Å². The number of nitrogens with zero attached hydrogens (tertiary/aromatic N) is 3. The lowest BCUT2D eigenvalue weighted by Crippen LogP contribution is -2.30. The highest BCUT2D eigenvalue weighted by molar-refractivity contribution is 6.07. The first kappa shape index (κ1) is 19.7. The number of hydrogen-bond donors (Lipinski definition) is 0. The molecule has 5 nitrogen and oxygen atoms in total. The molecule has 0 aliphatic carbocycles. The van der Waals surface area contributed by atoms with Crippen LogP contribution >= 0.6 is 0 Å². The number of amides is 1. The fourth-order valence-corrected chi connectivity index (χ4v) is 3.42. The quantitative estimate of drug-likeness (QED) is 0.460. The van der Waals surface area contributed by atoms with E-state index in [0.29, 0.717) is 28.8 Å². The Balaban J connectivity index is 1.80. The van der Waals surface area contributed by atoms with Crippen molar-refractivity contribution in [3.05, 3.63) is 83.1 Å². The molecule has 30 heavy (non-hydrogen) atoms. The number of hydrogen-bond acceptors (Lipinski definition) is 4. The van der Waals surface area contributed by atoms with Gasteiger partial charge in [0.1, 0.15) is 11.6 Å². The lowest BCUT2D eigenvalue weighted by molar-refractivity contribution is 0.0754. The molecule has 0 aliphatic rings. The Bertz CT molecular complexity index is 1240. The highest BCUT2D eigenvalue weighted by atomic mass is 19.1. The largest absolute Gasteiger partial charge is 0.335 e. The zero-order chi connectivity index (χ0) is 21.3. The predicted octanol–water partition coefficient (Wildman–Crippen LogP) is 5.14. The second-order valence-electron chi connectivity index (χ2n) is 6.93. The molecule has 2 aromatic heterocycles. The van der Waals surface area contributed by atoms with E-state index in [2.05, 4.69) is 10.1 Å². The van der Waals surface area contributed by atoms with Crippen LogP contribution in [0.2, 0.25) is 0 Å². The molecule has 2 aromatic carbocycles. The molecule has 0 bridgehead atoms. The van der Waals surface area contributed by atoms with Gasteiger partial charge >= 0.3 is 0 Å². The van der Waals surface area contributed by atoms with E-state index in [4.69, 9.17) is 4.52 Å². The van der Waals surface area contributed by atoms with Crippen molar-refractivity contribution in [1.82, 2.24) is 15.0 Å². The van der Waals surface area contributed by atoms with Gasteiger partial charge in [-0.25, -0.2) is 13.8 Å². The summed E-state index contributed by atoms with van der Waals surface area (Å²) in [6.45, 7) is 4.19. The van der Waals surface area contributed by atoms with Gasteiger partial charge in [0.2, 0.25) is 0 Å². The molecule has 7 heteroatoms. The van der Waals surface area contributed by atoms with E-state index in [9.17, 15) is 13.6 Å². The minimum absolute atomic E-state index is 0.165. The van der Waals surface area contributed by atoms with Crippen LogP contribution < -0.4 is 0 Å². The molecule has 0 N–H and O–H groups in total. The van der Waals surface area contributed by atoms with Crippen LogP contribution in [0, 0.1) is 18.6 Å². The molecule has 4 aromatic rings. The monoisotopic (exact) mass is 407 g/mol. The summed E-state index contributed by atoms with van der Waals surface area (Å²) in [6.07, 6.45) is 0. The average molecular weight is 407 g/mol. The molecule has 2 heterocycles. The molecule has 0 saturated heterocycles. The number of aryl methyl sites for hydroxylation is 1. The van der Waals surface area contributed by atoms with Gasteiger partial charge in [-0.15, -0.1) is 0 Å². The molecule has 0 saturated carbocycles. The third kappa shape index (κ3) is 3.66. The number of rotatable bonds is 5. The van der Waals surface area contributed by atoms with Crippen molar-refractivity contribution >= 4 is 17.0 Å². The van der Waals surface area contributed by atoms with Crippen molar-refractivity contribution in [2.45, 2.75) is 20.4 Å².